The van der Waals surface area contributed by atoms with Crippen molar-refractivity contribution in [1.29, 1.82) is 0 Å². The molecule has 0 saturated heterocycles. The van der Waals surface area contributed by atoms with Gasteiger partial charge in [0, 0.05) is 0 Å². The van der Waals surface area contributed by atoms with Gasteiger partial charge in [-0.1, -0.05) is 0 Å². The number of alkyl halides is 7. The van der Waals surface area contributed by atoms with Gasteiger partial charge >= 0.3 is 16.6 Å². The third kappa shape index (κ3) is 4.91. The molecule has 100 valence electrons. The lowest BCUT2D eigenvalue weighted by molar-refractivity contribution is -0.295. The van der Waals surface area contributed by atoms with Crippen molar-refractivity contribution in [3.05, 3.63) is 0 Å². The Labute approximate surface area is 107 Å². The number of ether oxygens (including phenoxy) is 1. The molecule has 1 unspecified atom stereocenters. The van der Waals surface area contributed by atoms with E-state index in [0.29, 0.717) is 0 Å². The summed E-state index contributed by atoms with van der Waals surface area (Å²) >= 11 is 13.3. The molecule has 0 aliphatic carbocycles. The fourth-order valence-corrected chi connectivity index (χ4v) is 1.00. The molecule has 0 fully saturated rings. The zero-order valence-electron chi connectivity index (χ0n) is 8.51. The van der Waals surface area contributed by atoms with Gasteiger partial charge in [-0.3, -0.25) is 0 Å². The molecular formula is C6H10Cl3F5OSi. The van der Waals surface area contributed by atoms with Gasteiger partial charge in [0.2, 0.25) is 0 Å². The Morgan fingerprint density at radius 2 is 1.31 bits per heavy atom. The molecule has 0 radical (unpaired) electrons. The summed E-state index contributed by atoms with van der Waals surface area (Å²) in [4.78, 5) is 0. The topological polar surface area (TPSA) is 9.23 Å². The van der Waals surface area contributed by atoms with Crippen molar-refractivity contribution in [1.82, 2.24) is 0 Å². The highest BCUT2D eigenvalue weighted by Crippen LogP contribution is 2.49. The fraction of sp³-hybridized carbons (Fsp3) is 1.00. The van der Waals surface area contributed by atoms with Crippen molar-refractivity contribution in [2.24, 2.45) is 0 Å². The molecule has 0 N–H and O–H groups in total. The van der Waals surface area contributed by atoms with Gasteiger partial charge in [-0.15, -0.1) is 0 Å². The Hall–Kier alpha value is 0.697. The minimum Gasteiger partial charge on any atom is -0.326 e. The van der Waals surface area contributed by atoms with Crippen LogP contribution in [0.2, 0.25) is 0 Å². The zero-order chi connectivity index (χ0) is 13.8. The summed E-state index contributed by atoms with van der Waals surface area (Å²) in [5, 5.41) is -9.47. The molecule has 0 heterocycles. The number of halogens is 8. The lowest BCUT2D eigenvalue weighted by Gasteiger charge is -2.31. The highest BCUT2D eigenvalue weighted by Gasteiger charge is 2.71. The molecule has 0 spiro atoms. The summed E-state index contributed by atoms with van der Waals surface area (Å²) in [6.07, 6.45) is -1.10. The molecule has 0 aliphatic rings. The molecule has 0 aromatic heterocycles. The average molecular weight is 328 g/mol. The summed E-state index contributed by atoms with van der Waals surface area (Å²) in [7, 11) is 0.778. The van der Waals surface area contributed by atoms with Gasteiger partial charge in [-0.25, -0.2) is 0 Å². The summed E-state index contributed by atoms with van der Waals surface area (Å²) in [6, 6.07) is 0. The molecule has 10 heteroatoms. The first-order valence-electron chi connectivity index (χ1n) is 3.80. The van der Waals surface area contributed by atoms with Gasteiger partial charge in [-0.2, -0.15) is 33.0 Å². The highest BCUT2D eigenvalue weighted by molar-refractivity contribution is 6.80. The molecule has 1 nitrogen and oxygen atoms in total. The predicted molar refractivity (Wildman–Crippen MR) is 57.5 cm³/mol. The highest BCUT2D eigenvalue weighted by atomic mass is 35.6. The predicted octanol–water partition coefficient (Wildman–Crippen LogP) is 3.25. The van der Waals surface area contributed by atoms with E-state index in [4.69, 9.17) is 11.1 Å². The SMILES string of the molecule is CC(C)OC(F)(Cl)C(F)(F)C(F)(F)Cl.[SiH3]Cl. The van der Waals surface area contributed by atoms with Gasteiger partial charge in [0.1, 0.15) is 9.55 Å². The first-order valence-corrected chi connectivity index (χ1v) is 7.58. The van der Waals surface area contributed by atoms with Crippen LogP contribution in [-0.2, 0) is 4.74 Å². The minimum absolute atomic E-state index is 0.778. The maximum atomic E-state index is 12.8. The van der Waals surface area contributed by atoms with Crippen LogP contribution in [0.4, 0.5) is 22.0 Å². The van der Waals surface area contributed by atoms with Crippen molar-refractivity contribution < 1.29 is 26.7 Å². The van der Waals surface area contributed by atoms with Crippen LogP contribution in [0.25, 0.3) is 0 Å². The van der Waals surface area contributed by atoms with Crippen LogP contribution in [0.15, 0.2) is 0 Å². The van der Waals surface area contributed by atoms with Gasteiger partial charge in [-0.05, 0) is 37.0 Å². The van der Waals surface area contributed by atoms with Crippen LogP contribution in [-0.4, -0.2) is 32.3 Å². The largest absolute Gasteiger partial charge is 0.396 e. The monoisotopic (exact) mass is 326 g/mol. The summed E-state index contributed by atoms with van der Waals surface area (Å²) in [5.41, 5.74) is 0. The van der Waals surface area contributed by atoms with Crippen LogP contribution in [0.5, 0.6) is 0 Å². The van der Waals surface area contributed by atoms with Crippen molar-refractivity contribution in [2.45, 2.75) is 36.6 Å². The summed E-state index contributed by atoms with van der Waals surface area (Å²) in [5.74, 6) is -5.33. The van der Waals surface area contributed by atoms with Gasteiger partial charge in [0.05, 0.1) is 6.10 Å². The standard InChI is InChI=1S/C6H7Cl2F5O.ClH3Si/c1-3(2)14-6(8,13)4(9,10)5(7,11)12;1-2/h3H,1-2H3;2H3. The van der Waals surface area contributed by atoms with Gasteiger partial charge in [0.25, 0.3) is 0 Å². The molecule has 0 aromatic carbocycles. The minimum atomic E-state index is -5.33. The van der Waals surface area contributed by atoms with E-state index in [1.54, 1.807) is 0 Å². The fourth-order valence-electron chi connectivity index (χ4n) is 0.535. The maximum Gasteiger partial charge on any atom is 0.396 e. The van der Waals surface area contributed by atoms with Gasteiger partial charge < -0.3 is 4.74 Å². The first-order chi connectivity index (χ1) is 6.92. The van der Waals surface area contributed by atoms with E-state index in [-0.39, 0.29) is 0 Å². The lowest BCUT2D eigenvalue weighted by Crippen LogP contribution is -2.52. The smallest absolute Gasteiger partial charge is 0.326 e. The molecule has 16 heavy (non-hydrogen) atoms. The average Bonchev–Trinajstić information content (AvgIpc) is 2.03. The molecule has 0 aliphatic heterocycles. The van der Waals surface area contributed by atoms with Crippen molar-refractivity contribution >= 4 is 43.8 Å². The van der Waals surface area contributed by atoms with E-state index >= 15 is 0 Å². The summed E-state index contributed by atoms with van der Waals surface area (Å²) < 4.78 is 65.9. The second-order valence-corrected chi connectivity index (χ2v) is 3.72. The Bertz CT molecular complexity index is 209. The second-order valence-electron chi connectivity index (χ2n) is 2.76. The van der Waals surface area contributed by atoms with Gasteiger partial charge in [0.15, 0.2) is 0 Å². The number of hydrogen-bond donors (Lipinski definition) is 0. The number of rotatable bonds is 4. The lowest BCUT2D eigenvalue weighted by atomic mass is 10.3. The van der Waals surface area contributed by atoms with E-state index in [1.165, 1.54) is 0 Å². The molecule has 0 bridgehead atoms. The molecular weight excluding hydrogens is 318 g/mol. The van der Waals surface area contributed by atoms with E-state index in [2.05, 4.69) is 27.9 Å². The Morgan fingerprint density at radius 1 is 1.00 bits per heavy atom. The maximum absolute atomic E-state index is 12.8. The van der Waals surface area contributed by atoms with Crippen LogP contribution in [0.1, 0.15) is 13.8 Å². The second kappa shape index (κ2) is 6.58. The van der Waals surface area contributed by atoms with Crippen molar-refractivity contribution in [3.8, 4) is 0 Å². The third-order valence-electron chi connectivity index (χ3n) is 1.11. The molecule has 1 atom stereocenters. The Morgan fingerprint density at radius 3 is 1.50 bits per heavy atom. The zero-order valence-corrected chi connectivity index (χ0v) is 12.8. The van der Waals surface area contributed by atoms with Crippen molar-refractivity contribution in [3.63, 3.8) is 0 Å². The van der Waals surface area contributed by atoms with E-state index in [0.717, 1.165) is 23.4 Å². The van der Waals surface area contributed by atoms with Crippen LogP contribution >= 0.6 is 34.3 Å². The van der Waals surface area contributed by atoms with Crippen LogP contribution in [0, 0.1) is 0 Å². The summed E-state index contributed by atoms with van der Waals surface area (Å²) in [6.45, 7) is 2.30. The normalized spacial score (nSPS) is 16.7. The van der Waals surface area contributed by atoms with E-state index in [1.807, 2.05) is 0 Å². The molecule has 0 saturated carbocycles. The van der Waals surface area contributed by atoms with Crippen LogP contribution < -0.4 is 0 Å². The van der Waals surface area contributed by atoms with Crippen molar-refractivity contribution in [2.75, 3.05) is 0 Å². The first kappa shape index (κ1) is 19.0. The van der Waals surface area contributed by atoms with E-state index in [9.17, 15) is 22.0 Å². The number of hydrogen-bond acceptors (Lipinski definition) is 1. The Balaban J connectivity index is 0. The molecule has 0 amide bonds. The van der Waals surface area contributed by atoms with E-state index < -0.39 is 22.7 Å². The molecule has 0 rings (SSSR count). The Kier molecular flexibility index (Phi) is 7.83. The third-order valence-corrected chi connectivity index (χ3v) is 1.67. The van der Waals surface area contributed by atoms with Crippen LogP contribution in [0.3, 0.4) is 0 Å². The molecule has 0 aromatic rings. The quantitative estimate of drug-likeness (QED) is 0.333.